The normalized spacial score (nSPS) is 19.9. The molecule has 1 N–H and O–H groups in total. The molecule has 1 aliphatic rings. The van der Waals surface area contributed by atoms with Gasteiger partial charge in [0.05, 0.1) is 19.8 Å². The third kappa shape index (κ3) is 3.18. The first kappa shape index (κ1) is 13.3. The lowest BCUT2D eigenvalue weighted by Gasteiger charge is -2.32. The molecule has 1 aromatic heterocycles. The topological polar surface area (TPSA) is 72.4 Å². The molecule has 1 fully saturated rings. The summed E-state index contributed by atoms with van der Waals surface area (Å²) in [6.45, 7) is 2.86. The van der Waals surface area contributed by atoms with Crippen LogP contribution in [0.15, 0.2) is 0 Å². The van der Waals surface area contributed by atoms with Crippen molar-refractivity contribution < 1.29 is 9.47 Å². The van der Waals surface area contributed by atoms with E-state index in [2.05, 4.69) is 20.3 Å². The fourth-order valence-corrected chi connectivity index (χ4v) is 1.95. The Labute approximate surface area is 110 Å². The van der Waals surface area contributed by atoms with E-state index >= 15 is 0 Å². The summed E-state index contributed by atoms with van der Waals surface area (Å²) in [6, 6.07) is 0.224. The van der Waals surface area contributed by atoms with E-state index in [9.17, 15) is 0 Å². The van der Waals surface area contributed by atoms with Crippen molar-refractivity contribution >= 4 is 17.5 Å². The fourth-order valence-electron chi connectivity index (χ4n) is 1.81. The largest absolute Gasteiger partial charge is 0.467 e. The highest BCUT2D eigenvalue weighted by Crippen LogP contribution is 2.17. The Hall–Kier alpha value is -1.18. The van der Waals surface area contributed by atoms with Crippen molar-refractivity contribution in [2.24, 2.45) is 0 Å². The summed E-state index contributed by atoms with van der Waals surface area (Å²) >= 11 is 5.83. The molecule has 0 saturated carbocycles. The summed E-state index contributed by atoms with van der Waals surface area (Å²) in [5.41, 5.74) is 0. The maximum atomic E-state index is 5.83. The number of hydrogen-bond donors (Lipinski definition) is 1. The third-order valence-corrected chi connectivity index (χ3v) is 2.78. The summed E-state index contributed by atoms with van der Waals surface area (Å²) in [4.78, 5) is 14.2. The summed E-state index contributed by atoms with van der Waals surface area (Å²) in [5, 5.41) is 3.22. The van der Waals surface area contributed by atoms with Gasteiger partial charge in [0.1, 0.15) is 0 Å². The van der Waals surface area contributed by atoms with Gasteiger partial charge in [-0.2, -0.15) is 15.0 Å². The van der Waals surface area contributed by atoms with Crippen molar-refractivity contribution in [3.8, 4) is 6.01 Å². The lowest BCUT2D eigenvalue weighted by molar-refractivity contribution is 0.0415. The maximum absolute atomic E-state index is 5.83. The van der Waals surface area contributed by atoms with E-state index in [0.717, 1.165) is 13.1 Å². The monoisotopic (exact) mass is 273 g/mol. The molecular formula is C10H16ClN5O2. The van der Waals surface area contributed by atoms with Gasteiger partial charge in [-0.15, -0.1) is 0 Å². The number of nitrogens with one attached hydrogen (secondary N) is 1. The Kier molecular flexibility index (Phi) is 4.51. The molecule has 0 spiro atoms. The van der Waals surface area contributed by atoms with Crippen molar-refractivity contribution in [3.63, 3.8) is 0 Å². The minimum atomic E-state index is 0.116. The molecule has 1 saturated heterocycles. The summed E-state index contributed by atoms with van der Waals surface area (Å²) < 4.78 is 10.6. The molecule has 7 nitrogen and oxygen atoms in total. The molecule has 0 aromatic carbocycles. The molecule has 1 unspecified atom stereocenters. The first-order chi connectivity index (χ1) is 8.72. The van der Waals surface area contributed by atoms with Crippen LogP contribution in [0.25, 0.3) is 0 Å². The molecule has 0 radical (unpaired) electrons. The van der Waals surface area contributed by atoms with Crippen molar-refractivity contribution in [1.82, 2.24) is 20.3 Å². The fraction of sp³-hybridized carbons (Fsp3) is 0.700. The predicted molar refractivity (Wildman–Crippen MR) is 67.3 cm³/mol. The molecule has 0 amide bonds. The van der Waals surface area contributed by atoms with Crippen LogP contribution in [0.5, 0.6) is 6.01 Å². The number of rotatable bonds is 4. The van der Waals surface area contributed by atoms with Gasteiger partial charge in [0, 0.05) is 19.6 Å². The third-order valence-electron chi connectivity index (χ3n) is 2.61. The van der Waals surface area contributed by atoms with Crippen LogP contribution in [-0.4, -0.2) is 61.5 Å². The van der Waals surface area contributed by atoms with E-state index in [1.807, 2.05) is 11.9 Å². The average Bonchev–Trinajstić information content (AvgIpc) is 2.39. The lowest BCUT2D eigenvalue weighted by Crippen LogP contribution is -2.46. The molecule has 0 aliphatic carbocycles. The molecule has 100 valence electrons. The highest BCUT2D eigenvalue weighted by Gasteiger charge is 2.22. The SMILES string of the molecule is CNCC1CN(c2nc(Cl)nc(OC)n2)CCO1. The predicted octanol–water partition coefficient (Wildman–Crippen LogP) is -0.0418. The minimum absolute atomic E-state index is 0.116. The van der Waals surface area contributed by atoms with E-state index in [1.165, 1.54) is 7.11 Å². The maximum Gasteiger partial charge on any atom is 0.322 e. The Balaban J connectivity index is 2.12. The molecular weight excluding hydrogens is 258 g/mol. The van der Waals surface area contributed by atoms with E-state index in [-0.39, 0.29) is 17.4 Å². The summed E-state index contributed by atoms with van der Waals surface area (Å²) in [7, 11) is 3.39. The van der Waals surface area contributed by atoms with Gasteiger partial charge in [-0.1, -0.05) is 0 Å². The van der Waals surface area contributed by atoms with E-state index in [1.54, 1.807) is 0 Å². The smallest absolute Gasteiger partial charge is 0.322 e. The molecule has 1 aliphatic heterocycles. The number of methoxy groups -OCH3 is 1. The first-order valence-corrected chi connectivity index (χ1v) is 6.07. The van der Waals surface area contributed by atoms with Crippen molar-refractivity contribution in [2.45, 2.75) is 6.10 Å². The number of likely N-dealkylation sites (N-methyl/N-ethyl adjacent to an activating group) is 1. The van der Waals surface area contributed by atoms with E-state index in [0.29, 0.717) is 19.1 Å². The van der Waals surface area contributed by atoms with Crippen LogP contribution in [0.3, 0.4) is 0 Å². The lowest BCUT2D eigenvalue weighted by atomic mass is 10.3. The molecule has 8 heteroatoms. The van der Waals surface area contributed by atoms with Crippen molar-refractivity contribution in [3.05, 3.63) is 5.28 Å². The average molecular weight is 274 g/mol. The van der Waals surface area contributed by atoms with Crippen LogP contribution in [-0.2, 0) is 4.74 Å². The minimum Gasteiger partial charge on any atom is -0.467 e. The number of nitrogens with zero attached hydrogens (tertiary/aromatic N) is 4. The van der Waals surface area contributed by atoms with E-state index < -0.39 is 0 Å². The quantitative estimate of drug-likeness (QED) is 0.825. The Bertz CT molecular complexity index is 404. The molecule has 18 heavy (non-hydrogen) atoms. The Morgan fingerprint density at radius 1 is 1.50 bits per heavy atom. The molecule has 2 rings (SSSR count). The van der Waals surface area contributed by atoms with Crippen molar-refractivity contribution in [1.29, 1.82) is 0 Å². The summed E-state index contributed by atoms with van der Waals surface area (Å²) in [6.07, 6.45) is 0.116. The highest BCUT2D eigenvalue weighted by atomic mass is 35.5. The molecule has 0 bridgehead atoms. The molecule has 1 aromatic rings. The van der Waals surface area contributed by atoms with Crippen LogP contribution >= 0.6 is 11.6 Å². The Morgan fingerprint density at radius 2 is 2.33 bits per heavy atom. The van der Waals surface area contributed by atoms with Crippen LogP contribution in [0.4, 0.5) is 5.95 Å². The van der Waals surface area contributed by atoms with Gasteiger partial charge >= 0.3 is 6.01 Å². The van der Waals surface area contributed by atoms with Gasteiger partial charge in [0.25, 0.3) is 0 Å². The number of hydrogen-bond acceptors (Lipinski definition) is 7. The second kappa shape index (κ2) is 6.12. The highest BCUT2D eigenvalue weighted by molar-refractivity contribution is 6.28. The first-order valence-electron chi connectivity index (χ1n) is 5.69. The van der Waals surface area contributed by atoms with Crippen LogP contribution < -0.4 is 15.0 Å². The zero-order valence-corrected chi connectivity index (χ0v) is 11.1. The second-order valence-corrected chi connectivity index (χ2v) is 4.23. The van der Waals surface area contributed by atoms with Gasteiger partial charge in [0.15, 0.2) is 0 Å². The molecule has 1 atom stereocenters. The number of ether oxygens (including phenoxy) is 2. The van der Waals surface area contributed by atoms with Crippen molar-refractivity contribution in [2.75, 3.05) is 45.3 Å². The van der Waals surface area contributed by atoms with Crippen LogP contribution in [0.2, 0.25) is 5.28 Å². The molecule has 2 heterocycles. The number of anilines is 1. The number of morpholine rings is 1. The van der Waals surface area contributed by atoms with E-state index in [4.69, 9.17) is 21.1 Å². The van der Waals surface area contributed by atoms with Crippen LogP contribution in [0, 0.1) is 0 Å². The van der Waals surface area contributed by atoms with Gasteiger partial charge in [-0.05, 0) is 18.6 Å². The van der Waals surface area contributed by atoms with Gasteiger partial charge in [-0.3, -0.25) is 0 Å². The standard InChI is InChI=1S/C10H16ClN5O2/c1-12-5-7-6-16(3-4-18-7)9-13-8(11)14-10(15-9)17-2/h7,12H,3-6H2,1-2H3. The number of aromatic nitrogens is 3. The summed E-state index contributed by atoms with van der Waals surface area (Å²) in [5.74, 6) is 0.524. The zero-order valence-electron chi connectivity index (χ0n) is 10.4. The van der Waals surface area contributed by atoms with Gasteiger partial charge < -0.3 is 19.7 Å². The number of halogens is 1. The zero-order chi connectivity index (χ0) is 13.0. The Morgan fingerprint density at radius 3 is 3.06 bits per heavy atom. The van der Waals surface area contributed by atoms with Gasteiger partial charge in [0.2, 0.25) is 11.2 Å². The second-order valence-electron chi connectivity index (χ2n) is 3.89. The van der Waals surface area contributed by atoms with Crippen LogP contribution in [0.1, 0.15) is 0 Å². The van der Waals surface area contributed by atoms with Gasteiger partial charge in [-0.25, -0.2) is 0 Å².